The second-order valence-electron chi connectivity index (χ2n) is 5.03. The minimum atomic E-state index is 0.150. The van der Waals surface area contributed by atoms with E-state index in [0.29, 0.717) is 12.0 Å². The van der Waals surface area contributed by atoms with Crippen molar-refractivity contribution in [3.8, 4) is 0 Å². The maximum atomic E-state index is 11.7. The fraction of sp³-hybridized carbons (Fsp3) is 0.917. The van der Waals surface area contributed by atoms with Gasteiger partial charge in [0.15, 0.2) is 0 Å². The van der Waals surface area contributed by atoms with E-state index in [1.54, 1.807) is 0 Å². The van der Waals surface area contributed by atoms with E-state index in [9.17, 15) is 4.79 Å². The van der Waals surface area contributed by atoms with E-state index in [4.69, 9.17) is 0 Å². The molecule has 2 aliphatic rings. The SMILES string of the molecule is CCCC1CN(CC2CCNCC2)C(=O)N1. The zero-order valence-corrected chi connectivity index (χ0v) is 10.2. The summed E-state index contributed by atoms with van der Waals surface area (Å²) >= 11 is 0. The lowest BCUT2D eigenvalue weighted by molar-refractivity contribution is 0.201. The Balaban J connectivity index is 1.78. The van der Waals surface area contributed by atoms with Gasteiger partial charge in [0.1, 0.15) is 0 Å². The van der Waals surface area contributed by atoms with Crippen molar-refractivity contribution in [2.24, 2.45) is 5.92 Å². The van der Waals surface area contributed by atoms with Crippen molar-refractivity contribution >= 4 is 6.03 Å². The molecule has 0 aromatic heterocycles. The summed E-state index contributed by atoms with van der Waals surface area (Å²) in [7, 11) is 0. The lowest BCUT2D eigenvalue weighted by Crippen LogP contribution is -2.37. The highest BCUT2D eigenvalue weighted by Crippen LogP contribution is 2.17. The number of rotatable bonds is 4. The first-order valence-corrected chi connectivity index (χ1v) is 6.55. The fourth-order valence-corrected chi connectivity index (χ4v) is 2.71. The van der Waals surface area contributed by atoms with Gasteiger partial charge < -0.3 is 15.5 Å². The summed E-state index contributed by atoms with van der Waals surface area (Å²) in [5.41, 5.74) is 0. The minimum Gasteiger partial charge on any atom is -0.333 e. The summed E-state index contributed by atoms with van der Waals surface area (Å²) in [5, 5.41) is 6.43. The molecule has 1 atom stereocenters. The van der Waals surface area contributed by atoms with E-state index < -0.39 is 0 Å². The van der Waals surface area contributed by atoms with E-state index in [-0.39, 0.29) is 6.03 Å². The predicted octanol–water partition coefficient (Wildman–Crippen LogP) is 1.18. The van der Waals surface area contributed by atoms with E-state index in [1.165, 1.54) is 12.8 Å². The third-order valence-corrected chi connectivity index (χ3v) is 3.63. The number of urea groups is 1. The number of carbonyl (C=O) groups excluding carboxylic acids is 1. The molecule has 2 N–H and O–H groups in total. The summed E-state index contributed by atoms with van der Waals surface area (Å²) in [6, 6.07) is 0.538. The average Bonchev–Trinajstić information content (AvgIpc) is 2.61. The zero-order chi connectivity index (χ0) is 11.4. The third kappa shape index (κ3) is 2.88. The van der Waals surface area contributed by atoms with Gasteiger partial charge in [-0.05, 0) is 38.3 Å². The largest absolute Gasteiger partial charge is 0.333 e. The lowest BCUT2D eigenvalue weighted by Gasteiger charge is -2.26. The highest BCUT2D eigenvalue weighted by Gasteiger charge is 2.29. The van der Waals surface area contributed by atoms with Gasteiger partial charge in [0.05, 0.1) is 0 Å². The molecule has 4 nitrogen and oxygen atoms in total. The number of nitrogens with one attached hydrogen (secondary N) is 2. The third-order valence-electron chi connectivity index (χ3n) is 3.63. The Morgan fingerprint density at radius 1 is 1.38 bits per heavy atom. The van der Waals surface area contributed by atoms with Crippen LogP contribution >= 0.6 is 0 Å². The smallest absolute Gasteiger partial charge is 0.317 e. The van der Waals surface area contributed by atoms with Crippen LogP contribution in [0.3, 0.4) is 0 Å². The summed E-state index contributed by atoms with van der Waals surface area (Å²) in [4.78, 5) is 13.7. The standard InChI is InChI=1S/C12H23N3O/c1-2-3-11-9-15(12(16)14-11)8-10-4-6-13-7-5-10/h10-11,13H,2-9H2,1H3,(H,14,16). The molecular formula is C12H23N3O. The average molecular weight is 225 g/mol. The molecule has 0 radical (unpaired) electrons. The molecule has 2 saturated heterocycles. The molecule has 0 spiro atoms. The first-order chi connectivity index (χ1) is 7.79. The van der Waals surface area contributed by atoms with Crippen LogP contribution in [0.25, 0.3) is 0 Å². The maximum Gasteiger partial charge on any atom is 0.317 e. The number of hydrogen-bond donors (Lipinski definition) is 2. The van der Waals surface area contributed by atoms with Crippen molar-refractivity contribution in [3.05, 3.63) is 0 Å². The van der Waals surface area contributed by atoms with Crippen LogP contribution in [0, 0.1) is 5.92 Å². The monoisotopic (exact) mass is 225 g/mol. The number of nitrogens with zero attached hydrogens (tertiary/aromatic N) is 1. The lowest BCUT2D eigenvalue weighted by atomic mass is 9.97. The summed E-state index contributed by atoms with van der Waals surface area (Å²) in [6.07, 6.45) is 4.67. The predicted molar refractivity (Wildman–Crippen MR) is 64.4 cm³/mol. The molecule has 2 rings (SSSR count). The van der Waals surface area contributed by atoms with Gasteiger partial charge in [-0.1, -0.05) is 13.3 Å². The Morgan fingerprint density at radius 2 is 2.12 bits per heavy atom. The van der Waals surface area contributed by atoms with E-state index in [1.807, 2.05) is 4.90 Å². The Labute approximate surface area is 97.8 Å². The molecule has 0 bridgehead atoms. The maximum absolute atomic E-state index is 11.7. The van der Waals surface area contributed by atoms with Crippen LogP contribution in [-0.4, -0.2) is 43.2 Å². The van der Waals surface area contributed by atoms with Gasteiger partial charge >= 0.3 is 6.03 Å². The number of hydrogen-bond acceptors (Lipinski definition) is 2. The van der Waals surface area contributed by atoms with Crippen LogP contribution in [0.1, 0.15) is 32.6 Å². The highest BCUT2D eigenvalue weighted by molar-refractivity contribution is 5.76. The Morgan fingerprint density at radius 3 is 2.81 bits per heavy atom. The molecule has 0 saturated carbocycles. The molecule has 2 heterocycles. The van der Waals surface area contributed by atoms with Crippen LogP contribution in [-0.2, 0) is 0 Å². The van der Waals surface area contributed by atoms with Crippen LogP contribution in [0.4, 0.5) is 4.79 Å². The second kappa shape index (κ2) is 5.53. The normalized spacial score (nSPS) is 27.2. The minimum absolute atomic E-state index is 0.150. The van der Waals surface area contributed by atoms with Crippen LogP contribution < -0.4 is 10.6 Å². The Kier molecular flexibility index (Phi) is 4.04. The number of amides is 2. The molecule has 0 aliphatic carbocycles. The molecule has 92 valence electrons. The summed E-state index contributed by atoms with van der Waals surface area (Å²) < 4.78 is 0. The number of carbonyl (C=O) groups is 1. The number of piperidine rings is 1. The molecule has 1 unspecified atom stereocenters. The van der Waals surface area contributed by atoms with E-state index in [2.05, 4.69) is 17.6 Å². The van der Waals surface area contributed by atoms with Crippen LogP contribution in [0.5, 0.6) is 0 Å². The van der Waals surface area contributed by atoms with Gasteiger partial charge in [0.2, 0.25) is 0 Å². The van der Waals surface area contributed by atoms with Crippen LogP contribution in [0.15, 0.2) is 0 Å². The van der Waals surface area contributed by atoms with Gasteiger partial charge in [0, 0.05) is 19.1 Å². The first-order valence-electron chi connectivity index (χ1n) is 6.55. The van der Waals surface area contributed by atoms with E-state index in [0.717, 1.165) is 39.0 Å². The van der Waals surface area contributed by atoms with Crippen molar-refractivity contribution in [2.75, 3.05) is 26.2 Å². The topological polar surface area (TPSA) is 44.4 Å². The Bertz CT molecular complexity index is 238. The van der Waals surface area contributed by atoms with Crippen molar-refractivity contribution < 1.29 is 4.79 Å². The fourth-order valence-electron chi connectivity index (χ4n) is 2.71. The summed E-state index contributed by atoms with van der Waals surface area (Å²) in [6.45, 7) is 6.25. The Hall–Kier alpha value is -0.770. The van der Waals surface area contributed by atoms with E-state index >= 15 is 0 Å². The van der Waals surface area contributed by atoms with Gasteiger partial charge in [-0.3, -0.25) is 0 Å². The first kappa shape index (κ1) is 11.7. The molecule has 0 aromatic rings. The van der Waals surface area contributed by atoms with Gasteiger partial charge in [-0.25, -0.2) is 4.79 Å². The summed E-state index contributed by atoms with van der Waals surface area (Å²) in [5.74, 6) is 0.701. The molecule has 4 heteroatoms. The molecular weight excluding hydrogens is 202 g/mol. The van der Waals surface area contributed by atoms with Crippen molar-refractivity contribution in [1.82, 2.24) is 15.5 Å². The molecule has 2 fully saturated rings. The zero-order valence-electron chi connectivity index (χ0n) is 10.2. The van der Waals surface area contributed by atoms with Crippen LogP contribution in [0.2, 0.25) is 0 Å². The van der Waals surface area contributed by atoms with Gasteiger partial charge in [-0.15, -0.1) is 0 Å². The molecule has 2 aliphatic heterocycles. The van der Waals surface area contributed by atoms with Crippen molar-refractivity contribution in [3.63, 3.8) is 0 Å². The quantitative estimate of drug-likeness (QED) is 0.754. The second-order valence-corrected chi connectivity index (χ2v) is 5.03. The van der Waals surface area contributed by atoms with Gasteiger partial charge in [-0.2, -0.15) is 0 Å². The van der Waals surface area contributed by atoms with Gasteiger partial charge in [0.25, 0.3) is 0 Å². The molecule has 0 aromatic carbocycles. The molecule has 2 amide bonds. The molecule has 16 heavy (non-hydrogen) atoms. The highest BCUT2D eigenvalue weighted by atomic mass is 16.2. The van der Waals surface area contributed by atoms with Crippen molar-refractivity contribution in [2.45, 2.75) is 38.6 Å². The van der Waals surface area contributed by atoms with Crippen molar-refractivity contribution in [1.29, 1.82) is 0 Å².